The topological polar surface area (TPSA) is 33.1 Å². The van der Waals surface area contributed by atoms with Crippen LogP contribution in [0.3, 0.4) is 0 Å². The van der Waals surface area contributed by atoms with Gasteiger partial charge in [0.25, 0.3) is 0 Å². The molecule has 1 aromatic heterocycles. The Bertz CT molecular complexity index is 414. The molecule has 5 heteroatoms. The van der Waals surface area contributed by atoms with Crippen LogP contribution in [-0.2, 0) is 6.54 Å². The van der Waals surface area contributed by atoms with Crippen molar-refractivity contribution in [3.63, 3.8) is 0 Å². The van der Waals surface area contributed by atoms with Crippen LogP contribution < -0.4 is 5.32 Å². The Morgan fingerprint density at radius 1 is 1.24 bits per heavy atom. The molecule has 1 unspecified atom stereocenters. The van der Waals surface area contributed by atoms with Crippen molar-refractivity contribution < 1.29 is 0 Å². The first-order valence-electron chi connectivity index (χ1n) is 8.34. The van der Waals surface area contributed by atoms with E-state index in [0.717, 1.165) is 12.5 Å². The van der Waals surface area contributed by atoms with E-state index in [1.54, 1.807) is 0 Å². The molecular weight excluding hydrogens is 284 g/mol. The van der Waals surface area contributed by atoms with Crippen molar-refractivity contribution in [1.82, 2.24) is 19.8 Å². The maximum atomic E-state index is 4.66. The van der Waals surface area contributed by atoms with Gasteiger partial charge >= 0.3 is 0 Å². The average molecular weight is 313 g/mol. The number of halogens is 1. The Morgan fingerprint density at radius 3 is 2.81 bits per heavy atom. The monoisotopic (exact) mass is 312 g/mol. The Kier molecular flexibility index (Phi) is 6.52. The van der Waals surface area contributed by atoms with Gasteiger partial charge in [-0.2, -0.15) is 0 Å². The fourth-order valence-corrected chi connectivity index (χ4v) is 3.78. The van der Waals surface area contributed by atoms with Gasteiger partial charge in [0, 0.05) is 25.5 Å². The second-order valence-corrected chi connectivity index (χ2v) is 6.27. The number of hydrogen-bond donors (Lipinski definition) is 1. The predicted octanol–water partition coefficient (Wildman–Crippen LogP) is 2.85. The number of imidazole rings is 1. The van der Waals surface area contributed by atoms with Crippen molar-refractivity contribution in [3.05, 3.63) is 18.2 Å². The van der Waals surface area contributed by atoms with E-state index in [1.807, 2.05) is 6.20 Å². The van der Waals surface area contributed by atoms with Gasteiger partial charge in [-0.1, -0.05) is 6.42 Å². The average Bonchev–Trinajstić information content (AvgIpc) is 2.97. The zero-order valence-electron chi connectivity index (χ0n) is 13.1. The summed E-state index contributed by atoms with van der Waals surface area (Å²) in [4.78, 5) is 7.38. The molecule has 0 aromatic carbocycles. The van der Waals surface area contributed by atoms with Crippen LogP contribution >= 0.6 is 12.4 Å². The van der Waals surface area contributed by atoms with E-state index in [1.165, 1.54) is 64.1 Å². The van der Waals surface area contributed by atoms with Gasteiger partial charge in [0.1, 0.15) is 5.82 Å². The summed E-state index contributed by atoms with van der Waals surface area (Å²) in [5.74, 6) is 2.17. The molecule has 21 heavy (non-hydrogen) atoms. The molecule has 1 atom stereocenters. The van der Waals surface area contributed by atoms with Gasteiger partial charge < -0.3 is 9.88 Å². The molecule has 3 heterocycles. The fourth-order valence-electron chi connectivity index (χ4n) is 3.78. The first-order valence-corrected chi connectivity index (χ1v) is 8.34. The van der Waals surface area contributed by atoms with Crippen LogP contribution in [0.25, 0.3) is 0 Å². The highest BCUT2D eigenvalue weighted by Crippen LogP contribution is 2.31. The maximum absolute atomic E-state index is 4.66. The highest BCUT2D eigenvalue weighted by molar-refractivity contribution is 5.85. The van der Waals surface area contributed by atoms with Gasteiger partial charge in [0.2, 0.25) is 0 Å². The minimum Gasteiger partial charge on any atom is -0.334 e. The number of aromatic nitrogens is 2. The SMILES string of the molecule is CCn1ccnc1C1CCCCN1CC1CCNCC1.Cl. The number of nitrogens with zero attached hydrogens (tertiary/aromatic N) is 3. The van der Waals surface area contributed by atoms with Crippen LogP contribution in [0.15, 0.2) is 12.4 Å². The summed E-state index contributed by atoms with van der Waals surface area (Å²) < 4.78 is 2.32. The van der Waals surface area contributed by atoms with E-state index in [-0.39, 0.29) is 12.4 Å². The summed E-state index contributed by atoms with van der Waals surface area (Å²) in [5.41, 5.74) is 0. The Balaban J connectivity index is 0.00000161. The number of nitrogens with one attached hydrogen (secondary N) is 1. The van der Waals surface area contributed by atoms with E-state index in [0.29, 0.717) is 6.04 Å². The standard InChI is InChI=1S/C16H28N4.ClH/c1-2-19-12-10-18-16(19)15-5-3-4-11-20(15)13-14-6-8-17-9-7-14;/h10,12,14-15,17H,2-9,11,13H2,1H3;1H. The molecule has 2 saturated heterocycles. The minimum atomic E-state index is 0. The zero-order valence-corrected chi connectivity index (χ0v) is 13.9. The van der Waals surface area contributed by atoms with Crippen molar-refractivity contribution in [2.75, 3.05) is 26.2 Å². The summed E-state index contributed by atoms with van der Waals surface area (Å²) in [5, 5.41) is 3.47. The third-order valence-corrected chi connectivity index (χ3v) is 4.95. The highest BCUT2D eigenvalue weighted by Gasteiger charge is 2.29. The number of aryl methyl sites for hydroxylation is 1. The maximum Gasteiger partial charge on any atom is 0.126 e. The molecule has 1 N–H and O–H groups in total. The Hall–Kier alpha value is -0.580. The third-order valence-electron chi connectivity index (χ3n) is 4.95. The van der Waals surface area contributed by atoms with Crippen LogP contribution in [0.1, 0.15) is 50.9 Å². The van der Waals surface area contributed by atoms with Crippen molar-refractivity contribution in [1.29, 1.82) is 0 Å². The number of hydrogen-bond acceptors (Lipinski definition) is 3. The lowest BCUT2D eigenvalue weighted by Gasteiger charge is -2.38. The lowest BCUT2D eigenvalue weighted by molar-refractivity contribution is 0.107. The molecule has 0 spiro atoms. The smallest absolute Gasteiger partial charge is 0.126 e. The van der Waals surface area contributed by atoms with E-state index >= 15 is 0 Å². The predicted molar refractivity (Wildman–Crippen MR) is 88.9 cm³/mol. The molecule has 0 amide bonds. The number of piperidine rings is 2. The van der Waals surface area contributed by atoms with Crippen LogP contribution in [0.2, 0.25) is 0 Å². The van der Waals surface area contributed by atoms with Gasteiger partial charge in [-0.15, -0.1) is 12.4 Å². The summed E-state index contributed by atoms with van der Waals surface area (Å²) >= 11 is 0. The van der Waals surface area contributed by atoms with Crippen LogP contribution in [0.5, 0.6) is 0 Å². The highest BCUT2D eigenvalue weighted by atomic mass is 35.5. The molecule has 2 aliphatic heterocycles. The molecule has 1 aromatic rings. The number of rotatable bonds is 4. The summed E-state index contributed by atoms with van der Waals surface area (Å²) in [7, 11) is 0. The van der Waals surface area contributed by atoms with Gasteiger partial charge in [0.05, 0.1) is 6.04 Å². The van der Waals surface area contributed by atoms with Crippen molar-refractivity contribution in [2.24, 2.45) is 5.92 Å². The van der Waals surface area contributed by atoms with Crippen LogP contribution in [0, 0.1) is 5.92 Å². The summed E-state index contributed by atoms with van der Waals surface area (Å²) in [6.45, 7) is 8.17. The van der Waals surface area contributed by atoms with E-state index in [4.69, 9.17) is 0 Å². The summed E-state index contributed by atoms with van der Waals surface area (Å²) in [6, 6.07) is 0.550. The molecule has 4 nitrogen and oxygen atoms in total. The quantitative estimate of drug-likeness (QED) is 0.928. The Labute approximate surface area is 134 Å². The molecule has 0 bridgehead atoms. The first kappa shape index (κ1) is 16.8. The largest absolute Gasteiger partial charge is 0.334 e. The van der Waals surface area contributed by atoms with Gasteiger partial charge in [0.15, 0.2) is 0 Å². The van der Waals surface area contributed by atoms with Gasteiger partial charge in [-0.05, 0) is 58.2 Å². The lowest BCUT2D eigenvalue weighted by atomic mass is 9.94. The van der Waals surface area contributed by atoms with Crippen LogP contribution in [-0.4, -0.2) is 40.6 Å². The normalized spacial score (nSPS) is 24.7. The summed E-state index contributed by atoms with van der Waals surface area (Å²) in [6.07, 6.45) is 10.8. The molecule has 120 valence electrons. The molecule has 0 aliphatic carbocycles. The fraction of sp³-hybridized carbons (Fsp3) is 0.812. The van der Waals surface area contributed by atoms with Crippen molar-refractivity contribution in [2.45, 2.75) is 51.6 Å². The molecule has 2 fully saturated rings. The Morgan fingerprint density at radius 2 is 2.05 bits per heavy atom. The van der Waals surface area contributed by atoms with Gasteiger partial charge in [-0.25, -0.2) is 4.98 Å². The van der Waals surface area contributed by atoms with Gasteiger partial charge in [-0.3, -0.25) is 4.90 Å². The van der Waals surface area contributed by atoms with Crippen LogP contribution in [0.4, 0.5) is 0 Å². The second kappa shape index (κ2) is 8.16. The second-order valence-electron chi connectivity index (χ2n) is 6.27. The van der Waals surface area contributed by atoms with E-state index in [2.05, 4.69) is 32.9 Å². The van der Waals surface area contributed by atoms with E-state index < -0.39 is 0 Å². The minimum absolute atomic E-state index is 0. The molecule has 0 saturated carbocycles. The molecule has 3 rings (SSSR count). The number of likely N-dealkylation sites (tertiary alicyclic amines) is 1. The molecular formula is C16H29ClN4. The zero-order chi connectivity index (χ0) is 13.8. The first-order chi connectivity index (χ1) is 9.88. The third kappa shape index (κ3) is 3.99. The van der Waals surface area contributed by atoms with Crippen molar-refractivity contribution >= 4 is 12.4 Å². The molecule has 2 aliphatic rings. The lowest BCUT2D eigenvalue weighted by Crippen LogP contribution is -2.41. The van der Waals surface area contributed by atoms with Crippen molar-refractivity contribution in [3.8, 4) is 0 Å². The molecule has 0 radical (unpaired) electrons. The van der Waals surface area contributed by atoms with E-state index in [9.17, 15) is 0 Å².